The first-order chi connectivity index (χ1) is 5.17. The van der Waals surface area contributed by atoms with Crippen molar-refractivity contribution in [2.45, 2.75) is 13.3 Å². The predicted molar refractivity (Wildman–Crippen MR) is 42.4 cm³/mol. The molecule has 1 aliphatic carbocycles. The molecule has 0 saturated carbocycles. The molecule has 0 aromatic carbocycles. The fourth-order valence-electron chi connectivity index (χ4n) is 0.844. The number of hydrogen-bond acceptors (Lipinski definition) is 3. The molecule has 0 bridgehead atoms. The lowest BCUT2D eigenvalue weighted by Gasteiger charge is -2.01. The van der Waals surface area contributed by atoms with Crippen LogP contribution >= 0.6 is 0 Å². The Morgan fingerprint density at radius 1 is 1.64 bits per heavy atom. The fourth-order valence-corrected chi connectivity index (χ4v) is 1.85. The second kappa shape index (κ2) is 3.19. The lowest BCUT2D eigenvalue weighted by atomic mass is 10.5. The van der Waals surface area contributed by atoms with Gasteiger partial charge in [0.25, 0.3) is 10.1 Å². The van der Waals surface area contributed by atoms with Crippen molar-refractivity contribution in [3.8, 4) is 0 Å². The summed E-state index contributed by atoms with van der Waals surface area (Å²) in [7, 11) is -3.41. The minimum atomic E-state index is -3.41. The van der Waals surface area contributed by atoms with Gasteiger partial charge in [0.2, 0.25) is 0 Å². The van der Waals surface area contributed by atoms with Gasteiger partial charge in [0.1, 0.15) is 0 Å². The van der Waals surface area contributed by atoms with E-state index >= 15 is 0 Å². The Balaban J connectivity index is 2.74. The van der Waals surface area contributed by atoms with Crippen LogP contribution in [0.3, 0.4) is 0 Å². The standard InChI is InChI=1S/C7H10O3S/c1-2-10-11(8,9)7-5-3-4-6-7/h3-5H,2,6H2,1H3. The SMILES string of the molecule is CCOS(=O)(=O)C1=CC=CC1. The summed E-state index contributed by atoms with van der Waals surface area (Å²) in [6.07, 6.45) is 5.52. The number of allylic oxidation sites excluding steroid dienone is 4. The lowest BCUT2D eigenvalue weighted by molar-refractivity contribution is 0.342. The van der Waals surface area contributed by atoms with Gasteiger partial charge in [-0.25, -0.2) is 0 Å². The van der Waals surface area contributed by atoms with Crippen LogP contribution in [0.5, 0.6) is 0 Å². The summed E-state index contributed by atoms with van der Waals surface area (Å²) < 4.78 is 26.8. The molecule has 0 fully saturated rings. The second-order valence-corrected chi connectivity index (χ2v) is 3.79. The summed E-state index contributed by atoms with van der Waals surface area (Å²) in [5.74, 6) is 0. The molecule has 0 heterocycles. The molecule has 0 radical (unpaired) electrons. The maximum atomic E-state index is 11.1. The Bertz CT molecular complexity index is 285. The average Bonchev–Trinajstić information content (AvgIpc) is 2.37. The highest BCUT2D eigenvalue weighted by molar-refractivity contribution is 7.90. The molecular weight excluding hydrogens is 164 g/mol. The molecule has 0 aromatic rings. The van der Waals surface area contributed by atoms with Crippen LogP contribution in [-0.2, 0) is 14.3 Å². The molecule has 0 saturated heterocycles. The predicted octanol–water partition coefficient (Wildman–Crippen LogP) is 1.20. The van der Waals surface area contributed by atoms with E-state index in [-0.39, 0.29) is 6.61 Å². The largest absolute Gasteiger partial charge is 0.293 e. The quantitative estimate of drug-likeness (QED) is 0.604. The van der Waals surface area contributed by atoms with Crippen molar-refractivity contribution in [1.82, 2.24) is 0 Å². The van der Waals surface area contributed by atoms with E-state index in [1.165, 1.54) is 0 Å². The van der Waals surface area contributed by atoms with Crippen LogP contribution in [-0.4, -0.2) is 15.0 Å². The molecule has 11 heavy (non-hydrogen) atoms. The third-order valence-electron chi connectivity index (χ3n) is 1.33. The van der Waals surface area contributed by atoms with Gasteiger partial charge in [0.15, 0.2) is 0 Å². The van der Waals surface area contributed by atoms with Crippen molar-refractivity contribution in [2.24, 2.45) is 0 Å². The first kappa shape index (κ1) is 8.49. The van der Waals surface area contributed by atoms with Gasteiger partial charge in [0.05, 0.1) is 11.5 Å². The average molecular weight is 174 g/mol. The van der Waals surface area contributed by atoms with Crippen LogP contribution < -0.4 is 0 Å². The molecule has 1 aliphatic rings. The molecule has 4 heteroatoms. The van der Waals surface area contributed by atoms with Gasteiger partial charge in [-0.2, -0.15) is 8.42 Å². The molecule has 0 unspecified atom stereocenters. The molecule has 0 amide bonds. The molecule has 3 nitrogen and oxygen atoms in total. The van der Waals surface area contributed by atoms with Crippen LogP contribution in [0.4, 0.5) is 0 Å². The van der Waals surface area contributed by atoms with Gasteiger partial charge in [-0.15, -0.1) is 0 Å². The van der Waals surface area contributed by atoms with Gasteiger partial charge in [-0.05, 0) is 13.0 Å². The van der Waals surface area contributed by atoms with Crippen molar-refractivity contribution in [3.05, 3.63) is 23.1 Å². The zero-order chi connectivity index (χ0) is 8.32. The molecule has 0 aliphatic heterocycles. The molecular formula is C7H10O3S. The highest BCUT2D eigenvalue weighted by Gasteiger charge is 2.17. The highest BCUT2D eigenvalue weighted by Crippen LogP contribution is 2.18. The van der Waals surface area contributed by atoms with Gasteiger partial charge in [0, 0.05) is 6.42 Å². The van der Waals surface area contributed by atoms with Crippen LogP contribution in [0.2, 0.25) is 0 Å². The minimum absolute atomic E-state index is 0.194. The second-order valence-electron chi connectivity index (χ2n) is 2.13. The summed E-state index contributed by atoms with van der Waals surface area (Å²) in [5, 5.41) is 0. The van der Waals surface area contributed by atoms with E-state index in [0.717, 1.165) is 0 Å². The van der Waals surface area contributed by atoms with Crippen molar-refractivity contribution in [3.63, 3.8) is 0 Å². The third kappa shape index (κ3) is 1.91. The van der Waals surface area contributed by atoms with Gasteiger partial charge < -0.3 is 0 Å². The summed E-state index contributed by atoms with van der Waals surface area (Å²) in [5.41, 5.74) is 0. The van der Waals surface area contributed by atoms with Gasteiger partial charge in [-0.1, -0.05) is 12.2 Å². The summed E-state index contributed by atoms with van der Waals surface area (Å²) in [6.45, 7) is 1.85. The Morgan fingerprint density at radius 2 is 2.36 bits per heavy atom. The zero-order valence-electron chi connectivity index (χ0n) is 6.28. The Morgan fingerprint density at radius 3 is 2.82 bits per heavy atom. The van der Waals surface area contributed by atoms with Gasteiger partial charge >= 0.3 is 0 Å². The lowest BCUT2D eigenvalue weighted by Crippen LogP contribution is -2.06. The van der Waals surface area contributed by atoms with E-state index in [9.17, 15) is 8.42 Å². The van der Waals surface area contributed by atoms with E-state index in [1.54, 1.807) is 25.2 Å². The first-order valence-electron chi connectivity index (χ1n) is 3.42. The summed E-state index contributed by atoms with van der Waals surface area (Å²) >= 11 is 0. The maximum absolute atomic E-state index is 11.1. The smallest absolute Gasteiger partial charge is 0.267 e. The van der Waals surface area contributed by atoms with Crippen molar-refractivity contribution in [2.75, 3.05) is 6.61 Å². The van der Waals surface area contributed by atoms with Gasteiger partial charge in [-0.3, -0.25) is 4.18 Å². The summed E-state index contributed by atoms with van der Waals surface area (Å²) in [4.78, 5) is 0.347. The number of rotatable bonds is 3. The third-order valence-corrected chi connectivity index (χ3v) is 2.82. The van der Waals surface area contributed by atoms with Crippen LogP contribution in [0.1, 0.15) is 13.3 Å². The number of hydrogen-bond donors (Lipinski definition) is 0. The zero-order valence-corrected chi connectivity index (χ0v) is 7.10. The summed E-state index contributed by atoms with van der Waals surface area (Å²) in [6, 6.07) is 0. The highest BCUT2D eigenvalue weighted by atomic mass is 32.2. The van der Waals surface area contributed by atoms with Crippen molar-refractivity contribution >= 4 is 10.1 Å². The van der Waals surface area contributed by atoms with E-state index in [0.29, 0.717) is 11.3 Å². The van der Waals surface area contributed by atoms with E-state index < -0.39 is 10.1 Å². The van der Waals surface area contributed by atoms with E-state index in [1.807, 2.05) is 0 Å². The molecule has 1 rings (SSSR count). The van der Waals surface area contributed by atoms with Crippen molar-refractivity contribution in [1.29, 1.82) is 0 Å². The van der Waals surface area contributed by atoms with Crippen LogP contribution in [0.15, 0.2) is 23.1 Å². The van der Waals surface area contributed by atoms with E-state index in [4.69, 9.17) is 0 Å². The molecule has 62 valence electrons. The Kier molecular flexibility index (Phi) is 2.46. The van der Waals surface area contributed by atoms with Crippen LogP contribution in [0, 0.1) is 0 Å². The Hall–Kier alpha value is -0.610. The maximum Gasteiger partial charge on any atom is 0.293 e. The first-order valence-corrected chi connectivity index (χ1v) is 4.83. The van der Waals surface area contributed by atoms with Crippen molar-refractivity contribution < 1.29 is 12.6 Å². The topological polar surface area (TPSA) is 43.4 Å². The normalized spacial score (nSPS) is 17.0. The Labute approximate surface area is 66.5 Å². The fraction of sp³-hybridized carbons (Fsp3) is 0.429. The van der Waals surface area contributed by atoms with E-state index in [2.05, 4.69) is 4.18 Å². The molecule has 0 N–H and O–H groups in total. The minimum Gasteiger partial charge on any atom is -0.267 e. The van der Waals surface area contributed by atoms with Crippen LogP contribution in [0.25, 0.3) is 0 Å². The molecule has 0 aromatic heterocycles. The molecule has 0 atom stereocenters. The monoisotopic (exact) mass is 174 g/mol. The molecule has 0 spiro atoms.